The van der Waals surface area contributed by atoms with Crippen LogP contribution < -0.4 is 10.6 Å². The summed E-state index contributed by atoms with van der Waals surface area (Å²) in [6.45, 7) is 5.00. The Labute approximate surface area is 116 Å². The van der Waals surface area contributed by atoms with Crippen molar-refractivity contribution in [1.82, 2.24) is 10.6 Å². The van der Waals surface area contributed by atoms with Crippen LogP contribution in [0.4, 0.5) is 0 Å². The maximum Gasteiger partial charge on any atom is 0.237 e. The fourth-order valence-electron chi connectivity index (χ4n) is 2.24. The van der Waals surface area contributed by atoms with Crippen LogP contribution in [-0.2, 0) is 10.3 Å². The molecule has 0 radical (unpaired) electrons. The topological polar surface area (TPSA) is 41.1 Å². The second kappa shape index (κ2) is 5.41. The molecule has 1 aromatic carbocycles. The molecule has 1 atom stereocenters. The Bertz CT molecular complexity index is 422. The highest BCUT2D eigenvalue weighted by Gasteiger charge is 2.28. The molecule has 1 aliphatic heterocycles. The third kappa shape index (κ3) is 3.12. The minimum Gasteiger partial charge on any atom is -0.346 e. The van der Waals surface area contributed by atoms with Crippen molar-refractivity contribution < 1.29 is 4.79 Å². The first-order chi connectivity index (χ1) is 8.49. The lowest BCUT2D eigenvalue weighted by atomic mass is 9.94. The van der Waals surface area contributed by atoms with E-state index in [9.17, 15) is 4.79 Å². The van der Waals surface area contributed by atoms with Crippen molar-refractivity contribution in [3.8, 4) is 0 Å². The molecule has 1 saturated heterocycles. The van der Waals surface area contributed by atoms with E-state index in [1.165, 1.54) is 0 Å². The molecule has 1 amide bonds. The first-order valence-electron chi connectivity index (χ1n) is 6.30. The summed E-state index contributed by atoms with van der Waals surface area (Å²) < 4.78 is 1.05. The number of hydrogen-bond acceptors (Lipinski definition) is 2. The van der Waals surface area contributed by atoms with E-state index < -0.39 is 0 Å². The molecule has 0 unspecified atom stereocenters. The number of hydrogen-bond donors (Lipinski definition) is 2. The molecule has 2 rings (SSSR count). The van der Waals surface area contributed by atoms with Crippen LogP contribution in [0.25, 0.3) is 0 Å². The van der Waals surface area contributed by atoms with Crippen molar-refractivity contribution >= 4 is 21.8 Å². The highest BCUT2D eigenvalue weighted by molar-refractivity contribution is 9.10. The predicted octanol–water partition coefficient (Wildman–Crippen LogP) is 2.55. The quantitative estimate of drug-likeness (QED) is 0.901. The Morgan fingerprint density at radius 2 is 2.06 bits per heavy atom. The molecule has 3 nitrogen and oxygen atoms in total. The predicted molar refractivity (Wildman–Crippen MR) is 76.3 cm³/mol. The van der Waals surface area contributed by atoms with Crippen molar-refractivity contribution in [3.63, 3.8) is 0 Å². The molecule has 18 heavy (non-hydrogen) atoms. The summed E-state index contributed by atoms with van der Waals surface area (Å²) in [5.74, 6) is 0.0976. The van der Waals surface area contributed by atoms with Crippen molar-refractivity contribution in [2.75, 3.05) is 6.54 Å². The average Bonchev–Trinajstić information content (AvgIpc) is 2.82. The van der Waals surface area contributed by atoms with Gasteiger partial charge in [0.2, 0.25) is 5.91 Å². The van der Waals surface area contributed by atoms with E-state index in [1.54, 1.807) is 0 Å². The Morgan fingerprint density at radius 3 is 2.61 bits per heavy atom. The summed E-state index contributed by atoms with van der Waals surface area (Å²) in [4.78, 5) is 12.1. The summed E-state index contributed by atoms with van der Waals surface area (Å²) in [5, 5.41) is 6.34. The van der Waals surface area contributed by atoms with Crippen LogP contribution in [0.15, 0.2) is 28.7 Å². The largest absolute Gasteiger partial charge is 0.346 e. The molecule has 1 aliphatic rings. The monoisotopic (exact) mass is 310 g/mol. The van der Waals surface area contributed by atoms with Crippen molar-refractivity contribution in [1.29, 1.82) is 0 Å². The van der Waals surface area contributed by atoms with Crippen molar-refractivity contribution in [3.05, 3.63) is 34.3 Å². The molecule has 98 valence electrons. The molecule has 1 fully saturated rings. The fourth-order valence-corrected chi connectivity index (χ4v) is 2.51. The normalized spacial score (nSPS) is 19.8. The lowest BCUT2D eigenvalue weighted by molar-refractivity contribution is -0.124. The summed E-state index contributed by atoms with van der Waals surface area (Å²) in [6, 6.07) is 8.03. The maximum atomic E-state index is 12.1. The van der Waals surface area contributed by atoms with E-state index in [2.05, 4.69) is 26.6 Å². The van der Waals surface area contributed by atoms with Gasteiger partial charge in [0, 0.05) is 4.47 Å². The summed E-state index contributed by atoms with van der Waals surface area (Å²) >= 11 is 3.42. The number of carbonyl (C=O) groups is 1. The van der Waals surface area contributed by atoms with E-state index >= 15 is 0 Å². The molecule has 0 bridgehead atoms. The first kappa shape index (κ1) is 13.6. The van der Waals surface area contributed by atoms with E-state index in [-0.39, 0.29) is 17.5 Å². The smallest absolute Gasteiger partial charge is 0.237 e. The standard InChI is InChI=1S/C14H19BrN2O/c1-14(2,10-5-7-11(15)8-6-10)17-13(18)12-4-3-9-16-12/h5-8,12,16H,3-4,9H2,1-2H3,(H,17,18)/t12-/m1/s1. The Hall–Kier alpha value is -0.870. The Kier molecular flexibility index (Phi) is 4.07. The van der Waals surface area contributed by atoms with Gasteiger partial charge in [-0.1, -0.05) is 28.1 Å². The Morgan fingerprint density at radius 1 is 1.39 bits per heavy atom. The number of amides is 1. The third-order valence-electron chi connectivity index (χ3n) is 3.38. The number of halogens is 1. The zero-order chi connectivity index (χ0) is 13.2. The number of carbonyl (C=O) groups excluding carboxylic acids is 1. The molecular weight excluding hydrogens is 292 g/mol. The van der Waals surface area contributed by atoms with Gasteiger partial charge in [0.1, 0.15) is 0 Å². The van der Waals surface area contributed by atoms with Gasteiger partial charge in [-0.2, -0.15) is 0 Å². The second-order valence-electron chi connectivity index (χ2n) is 5.27. The molecule has 0 spiro atoms. The van der Waals surface area contributed by atoms with Crippen LogP contribution in [0, 0.1) is 0 Å². The summed E-state index contributed by atoms with van der Waals surface area (Å²) in [5.41, 5.74) is 0.763. The van der Waals surface area contributed by atoms with Gasteiger partial charge in [-0.15, -0.1) is 0 Å². The molecular formula is C14H19BrN2O. The SMILES string of the molecule is CC(C)(NC(=O)[C@H]1CCCN1)c1ccc(Br)cc1. The molecule has 0 aliphatic carbocycles. The first-order valence-corrected chi connectivity index (χ1v) is 7.10. The molecule has 1 aromatic rings. The average molecular weight is 311 g/mol. The Balaban J connectivity index is 2.06. The molecule has 4 heteroatoms. The van der Waals surface area contributed by atoms with Crippen LogP contribution in [0.5, 0.6) is 0 Å². The highest BCUT2D eigenvalue weighted by Crippen LogP contribution is 2.22. The number of rotatable bonds is 3. The fraction of sp³-hybridized carbons (Fsp3) is 0.500. The van der Waals surface area contributed by atoms with Gasteiger partial charge in [0.05, 0.1) is 11.6 Å². The lowest BCUT2D eigenvalue weighted by Gasteiger charge is -2.28. The van der Waals surface area contributed by atoms with Crippen LogP contribution >= 0.6 is 15.9 Å². The maximum absolute atomic E-state index is 12.1. The van der Waals surface area contributed by atoms with Crippen molar-refractivity contribution in [2.24, 2.45) is 0 Å². The molecule has 0 saturated carbocycles. The zero-order valence-corrected chi connectivity index (χ0v) is 12.4. The van der Waals surface area contributed by atoms with E-state index in [4.69, 9.17) is 0 Å². The van der Waals surface area contributed by atoms with Gasteiger partial charge < -0.3 is 10.6 Å². The van der Waals surface area contributed by atoms with Crippen LogP contribution in [-0.4, -0.2) is 18.5 Å². The summed E-state index contributed by atoms with van der Waals surface area (Å²) in [6.07, 6.45) is 2.01. The van der Waals surface area contributed by atoms with Crippen LogP contribution in [0.3, 0.4) is 0 Å². The van der Waals surface area contributed by atoms with E-state index in [0.717, 1.165) is 29.4 Å². The number of nitrogens with one attached hydrogen (secondary N) is 2. The lowest BCUT2D eigenvalue weighted by Crippen LogP contribution is -2.48. The van der Waals surface area contributed by atoms with Gasteiger partial charge in [-0.05, 0) is 50.9 Å². The minimum absolute atomic E-state index is 0.0280. The molecule has 0 aromatic heterocycles. The van der Waals surface area contributed by atoms with Gasteiger partial charge in [0.15, 0.2) is 0 Å². The summed E-state index contributed by atoms with van der Waals surface area (Å²) in [7, 11) is 0. The number of benzene rings is 1. The molecule has 2 N–H and O–H groups in total. The third-order valence-corrected chi connectivity index (χ3v) is 3.91. The minimum atomic E-state index is -0.345. The second-order valence-corrected chi connectivity index (χ2v) is 6.19. The van der Waals surface area contributed by atoms with E-state index in [0.29, 0.717) is 0 Å². The van der Waals surface area contributed by atoms with Gasteiger partial charge in [-0.25, -0.2) is 0 Å². The highest BCUT2D eigenvalue weighted by atomic mass is 79.9. The van der Waals surface area contributed by atoms with Crippen LogP contribution in [0.1, 0.15) is 32.3 Å². The van der Waals surface area contributed by atoms with Gasteiger partial charge in [-0.3, -0.25) is 4.79 Å². The molecule has 1 heterocycles. The van der Waals surface area contributed by atoms with E-state index in [1.807, 2.05) is 38.1 Å². The van der Waals surface area contributed by atoms with Crippen LogP contribution in [0.2, 0.25) is 0 Å². The van der Waals surface area contributed by atoms with Gasteiger partial charge >= 0.3 is 0 Å². The van der Waals surface area contributed by atoms with Crippen molar-refractivity contribution in [2.45, 2.75) is 38.3 Å². The van der Waals surface area contributed by atoms with Gasteiger partial charge in [0.25, 0.3) is 0 Å². The zero-order valence-electron chi connectivity index (χ0n) is 10.8.